The number of carbonyl (C=O) groups excluding carboxylic acids is 1. The Kier molecular flexibility index (Phi) is 4.80. The monoisotopic (exact) mass is 290 g/mol. The molecular weight excluding hydrogens is 268 g/mol. The molecule has 0 spiro atoms. The maximum Gasteiger partial charge on any atom is 0.236 e. The van der Waals surface area contributed by atoms with E-state index >= 15 is 0 Å². The predicted octanol–water partition coefficient (Wildman–Crippen LogP) is 1.96. The normalized spacial score (nSPS) is 23.0. The predicted molar refractivity (Wildman–Crippen MR) is 70.9 cm³/mol. The van der Waals surface area contributed by atoms with Crippen molar-refractivity contribution in [2.75, 3.05) is 33.7 Å². The van der Waals surface area contributed by atoms with Crippen molar-refractivity contribution < 1.29 is 4.79 Å². The van der Waals surface area contributed by atoms with Gasteiger partial charge in [0.05, 0.1) is 4.83 Å². The molecule has 94 valence electrons. The van der Waals surface area contributed by atoms with Crippen molar-refractivity contribution in [3.8, 4) is 0 Å². The average Bonchev–Trinajstić information content (AvgIpc) is 2.10. The lowest BCUT2D eigenvalue weighted by molar-refractivity contribution is -0.134. The molecule has 0 N–H and O–H groups in total. The van der Waals surface area contributed by atoms with Crippen molar-refractivity contribution in [3.63, 3.8) is 0 Å². The number of alkyl halides is 1. The van der Waals surface area contributed by atoms with Gasteiger partial charge in [0.2, 0.25) is 5.91 Å². The number of hydrogen-bond donors (Lipinski definition) is 0. The van der Waals surface area contributed by atoms with Crippen LogP contribution in [-0.4, -0.2) is 54.3 Å². The summed E-state index contributed by atoms with van der Waals surface area (Å²) < 4.78 is 0. The summed E-state index contributed by atoms with van der Waals surface area (Å²) in [4.78, 5) is 16.2. The van der Waals surface area contributed by atoms with Crippen LogP contribution in [0.4, 0.5) is 0 Å². The summed E-state index contributed by atoms with van der Waals surface area (Å²) in [6, 6.07) is 0. The van der Waals surface area contributed by atoms with E-state index in [0.29, 0.717) is 0 Å². The number of amides is 1. The minimum atomic E-state index is 0.0383. The molecule has 3 nitrogen and oxygen atoms in total. The van der Waals surface area contributed by atoms with Gasteiger partial charge in [-0.15, -0.1) is 0 Å². The largest absolute Gasteiger partial charge is 0.341 e. The van der Waals surface area contributed by atoms with Gasteiger partial charge in [0.25, 0.3) is 0 Å². The summed E-state index contributed by atoms with van der Waals surface area (Å²) in [5, 5.41) is 0. The Labute approximate surface area is 107 Å². The van der Waals surface area contributed by atoms with Crippen LogP contribution in [0.15, 0.2) is 0 Å². The summed E-state index contributed by atoms with van der Waals surface area (Å²) in [7, 11) is 4.15. The van der Waals surface area contributed by atoms with Crippen molar-refractivity contribution in [1.29, 1.82) is 0 Å². The first-order valence-electron chi connectivity index (χ1n) is 5.89. The SMILES string of the molecule is CN(C)CC(C)(C)CN1CCCC(Br)C1=O. The first-order valence-corrected chi connectivity index (χ1v) is 6.81. The molecule has 0 aliphatic carbocycles. The molecule has 0 bridgehead atoms. The topological polar surface area (TPSA) is 23.6 Å². The van der Waals surface area contributed by atoms with Gasteiger partial charge in [-0.25, -0.2) is 0 Å². The van der Waals surface area contributed by atoms with Gasteiger partial charge in [0.15, 0.2) is 0 Å². The van der Waals surface area contributed by atoms with Crippen LogP contribution in [0.25, 0.3) is 0 Å². The van der Waals surface area contributed by atoms with Crippen molar-refractivity contribution in [1.82, 2.24) is 9.80 Å². The lowest BCUT2D eigenvalue weighted by atomic mass is 9.91. The van der Waals surface area contributed by atoms with Crippen molar-refractivity contribution in [2.45, 2.75) is 31.5 Å². The molecule has 1 rings (SSSR count). The van der Waals surface area contributed by atoms with Crippen LogP contribution < -0.4 is 0 Å². The second kappa shape index (κ2) is 5.50. The highest BCUT2D eigenvalue weighted by molar-refractivity contribution is 9.10. The molecule has 1 aliphatic heterocycles. The minimum Gasteiger partial charge on any atom is -0.341 e. The fraction of sp³-hybridized carbons (Fsp3) is 0.917. The smallest absolute Gasteiger partial charge is 0.236 e. The van der Waals surface area contributed by atoms with Crippen molar-refractivity contribution in [2.24, 2.45) is 5.41 Å². The van der Waals surface area contributed by atoms with Gasteiger partial charge in [0, 0.05) is 19.6 Å². The number of piperidine rings is 1. The van der Waals surface area contributed by atoms with E-state index in [4.69, 9.17) is 0 Å². The van der Waals surface area contributed by atoms with Gasteiger partial charge in [0.1, 0.15) is 0 Å². The van der Waals surface area contributed by atoms with Gasteiger partial charge in [-0.1, -0.05) is 29.8 Å². The molecule has 0 aromatic heterocycles. The standard InChI is InChI=1S/C12H23BrN2O/c1-12(2,8-14(3)4)9-15-7-5-6-10(13)11(15)16/h10H,5-9H2,1-4H3. The number of rotatable bonds is 4. The summed E-state index contributed by atoms with van der Waals surface area (Å²) in [6.07, 6.45) is 2.09. The minimum absolute atomic E-state index is 0.0383. The fourth-order valence-electron chi connectivity index (χ4n) is 2.47. The van der Waals surface area contributed by atoms with Crippen LogP contribution in [0, 0.1) is 5.41 Å². The number of likely N-dealkylation sites (tertiary alicyclic amines) is 1. The number of carbonyl (C=O) groups is 1. The molecule has 16 heavy (non-hydrogen) atoms. The van der Waals surface area contributed by atoms with Crippen LogP contribution in [-0.2, 0) is 4.79 Å². The quantitative estimate of drug-likeness (QED) is 0.739. The molecule has 1 amide bonds. The van der Waals surface area contributed by atoms with Crippen LogP contribution in [0.5, 0.6) is 0 Å². The Hall–Kier alpha value is -0.0900. The van der Waals surface area contributed by atoms with E-state index in [2.05, 4.69) is 48.8 Å². The van der Waals surface area contributed by atoms with Gasteiger partial charge < -0.3 is 9.80 Å². The van der Waals surface area contributed by atoms with E-state index in [9.17, 15) is 4.79 Å². The average molecular weight is 291 g/mol. The Morgan fingerprint density at radius 1 is 1.50 bits per heavy atom. The Bertz CT molecular complexity index is 253. The fourth-order valence-corrected chi connectivity index (χ4v) is 3.09. The molecule has 1 atom stereocenters. The molecule has 1 aliphatic rings. The summed E-state index contributed by atoms with van der Waals surface area (Å²) in [6.45, 7) is 7.21. The highest BCUT2D eigenvalue weighted by Crippen LogP contribution is 2.24. The molecule has 1 fully saturated rings. The molecular formula is C12H23BrN2O. The van der Waals surface area contributed by atoms with Crippen molar-refractivity contribution >= 4 is 21.8 Å². The summed E-state index contributed by atoms with van der Waals surface area (Å²) >= 11 is 3.45. The third-order valence-corrected chi connectivity index (χ3v) is 3.68. The number of nitrogens with zero attached hydrogens (tertiary/aromatic N) is 2. The first-order chi connectivity index (χ1) is 7.32. The second-order valence-electron chi connectivity index (χ2n) is 5.77. The molecule has 1 unspecified atom stereocenters. The van der Waals surface area contributed by atoms with Crippen LogP contribution in [0.2, 0.25) is 0 Å². The summed E-state index contributed by atoms with van der Waals surface area (Å²) in [5.41, 5.74) is 0.156. The third kappa shape index (κ3) is 4.06. The first kappa shape index (κ1) is 14.0. The molecule has 0 aromatic rings. The van der Waals surface area contributed by atoms with E-state index in [1.54, 1.807) is 0 Å². The third-order valence-electron chi connectivity index (χ3n) is 2.83. The highest BCUT2D eigenvalue weighted by Gasteiger charge is 2.31. The van der Waals surface area contributed by atoms with Crippen LogP contribution in [0.3, 0.4) is 0 Å². The molecule has 0 radical (unpaired) electrons. The highest BCUT2D eigenvalue weighted by atomic mass is 79.9. The van der Waals surface area contributed by atoms with E-state index in [1.807, 2.05) is 4.90 Å². The van der Waals surface area contributed by atoms with Gasteiger partial charge in [-0.05, 0) is 32.4 Å². The Balaban J connectivity index is 2.55. The molecule has 1 saturated heterocycles. The number of hydrogen-bond acceptors (Lipinski definition) is 2. The molecule has 0 saturated carbocycles. The zero-order valence-corrected chi connectivity index (χ0v) is 12.4. The van der Waals surface area contributed by atoms with Crippen LogP contribution >= 0.6 is 15.9 Å². The second-order valence-corrected chi connectivity index (χ2v) is 6.88. The van der Waals surface area contributed by atoms with Gasteiger partial charge in [-0.3, -0.25) is 4.79 Å². The van der Waals surface area contributed by atoms with E-state index in [-0.39, 0.29) is 16.1 Å². The zero-order valence-electron chi connectivity index (χ0n) is 10.8. The molecule has 0 aromatic carbocycles. The van der Waals surface area contributed by atoms with Gasteiger partial charge >= 0.3 is 0 Å². The lowest BCUT2D eigenvalue weighted by Crippen LogP contribution is -2.48. The molecule has 1 heterocycles. The molecule has 4 heteroatoms. The van der Waals surface area contributed by atoms with E-state index in [1.165, 1.54) is 0 Å². The maximum atomic E-state index is 12.0. The van der Waals surface area contributed by atoms with Crippen LogP contribution in [0.1, 0.15) is 26.7 Å². The Morgan fingerprint density at radius 3 is 2.69 bits per heavy atom. The van der Waals surface area contributed by atoms with Gasteiger partial charge in [-0.2, -0.15) is 0 Å². The zero-order chi connectivity index (χ0) is 12.3. The summed E-state index contributed by atoms with van der Waals surface area (Å²) in [5.74, 6) is 0.262. The van der Waals surface area contributed by atoms with E-state index < -0.39 is 0 Å². The Morgan fingerprint density at radius 2 is 2.12 bits per heavy atom. The van der Waals surface area contributed by atoms with E-state index in [0.717, 1.165) is 32.5 Å². The maximum absolute atomic E-state index is 12.0. The lowest BCUT2D eigenvalue weighted by Gasteiger charge is -2.37. The van der Waals surface area contributed by atoms with Crippen molar-refractivity contribution in [3.05, 3.63) is 0 Å². The number of halogens is 1.